The summed E-state index contributed by atoms with van der Waals surface area (Å²) in [6.07, 6.45) is 8.71. The number of ether oxygens (including phenoxy) is 1. The smallest absolute Gasteiger partial charge is 0.236 e. The van der Waals surface area contributed by atoms with Gasteiger partial charge in [0.25, 0.3) is 0 Å². The van der Waals surface area contributed by atoms with Crippen molar-refractivity contribution in [3.8, 4) is 16.3 Å². The molecule has 0 bridgehead atoms. The third-order valence-corrected chi connectivity index (χ3v) is 7.82. The molecule has 1 aliphatic carbocycles. The zero-order valence-corrected chi connectivity index (χ0v) is 20.0. The van der Waals surface area contributed by atoms with Crippen molar-refractivity contribution in [1.29, 1.82) is 0 Å². The van der Waals surface area contributed by atoms with Gasteiger partial charge in [0.2, 0.25) is 5.43 Å². The molecule has 5 aromatic rings. The summed E-state index contributed by atoms with van der Waals surface area (Å²) in [6, 6.07) is 8.14. The van der Waals surface area contributed by atoms with Crippen LogP contribution in [-0.2, 0) is 4.74 Å². The minimum atomic E-state index is -0.223. The Hall–Kier alpha value is -3.56. The van der Waals surface area contributed by atoms with Crippen molar-refractivity contribution in [2.45, 2.75) is 38.0 Å². The minimum Gasteiger partial charge on any atom is -0.381 e. The summed E-state index contributed by atoms with van der Waals surface area (Å²) in [5.41, 5.74) is 4.44. The number of hydrogen-bond acceptors (Lipinski definition) is 8. The van der Waals surface area contributed by atoms with Crippen LogP contribution in [0.3, 0.4) is 0 Å². The molecular formula is C26H22N6O2S. The van der Waals surface area contributed by atoms with Crippen molar-refractivity contribution in [2.24, 2.45) is 0 Å². The highest BCUT2D eigenvalue weighted by Gasteiger charge is 2.25. The molecule has 35 heavy (non-hydrogen) atoms. The molecule has 0 unspecified atom stereocenters. The van der Waals surface area contributed by atoms with Crippen LogP contribution in [0.15, 0.2) is 47.7 Å². The molecule has 1 aliphatic heterocycles. The van der Waals surface area contributed by atoms with Gasteiger partial charge in [0.05, 0.1) is 35.3 Å². The first-order chi connectivity index (χ1) is 17.1. The van der Waals surface area contributed by atoms with Gasteiger partial charge < -0.3 is 4.74 Å². The molecule has 2 aliphatic rings. The lowest BCUT2D eigenvalue weighted by molar-refractivity contribution is 0.193. The van der Waals surface area contributed by atoms with E-state index in [1.54, 1.807) is 28.4 Å². The number of fused-ring (bicyclic) bond motifs is 2. The molecule has 1 atom stereocenters. The van der Waals surface area contributed by atoms with Crippen LogP contribution in [0.4, 0.5) is 0 Å². The standard InChI is InChI=1S/C26H22N6O2S/c1-14-10-29-26-24(30-14)25(33)23(31-32(26)18-4-5-19(28-12-18)15-2-3-15)22-8-17-11-27-20(9-21(17)35-22)16-6-7-34-13-16/h4-5,8-12,15-16H,2-3,6-7,13H2,1H3/t16-/m0/s1. The Bertz CT molecular complexity index is 1650. The predicted molar refractivity (Wildman–Crippen MR) is 134 cm³/mol. The van der Waals surface area contributed by atoms with Crippen LogP contribution >= 0.6 is 11.3 Å². The van der Waals surface area contributed by atoms with E-state index >= 15 is 0 Å². The van der Waals surface area contributed by atoms with Crippen LogP contribution in [0.1, 0.15) is 48.2 Å². The molecule has 8 nitrogen and oxygen atoms in total. The summed E-state index contributed by atoms with van der Waals surface area (Å²) in [6.45, 7) is 3.32. The number of aromatic nitrogens is 6. The van der Waals surface area contributed by atoms with Crippen LogP contribution in [0.25, 0.3) is 37.5 Å². The minimum absolute atomic E-state index is 0.223. The first kappa shape index (κ1) is 20.8. The molecule has 1 saturated heterocycles. The zero-order chi connectivity index (χ0) is 23.5. The van der Waals surface area contributed by atoms with E-state index in [1.807, 2.05) is 31.3 Å². The lowest BCUT2D eigenvalue weighted by Crippen LogP contribution is -2.18. The van der Waals surface area contributed by atoms with Gasteiger partial charge in [-0.1, -0.05) is 0 Å². The molecule has 6 heterocycles. The highest BCUT2D eigenvalue weighted by atomic mass is 32.1. The van der Waals surface area contributed by atoms with Gasteiger partial charge in [0.1, 0.15) is 0 Å². The molecule has 5 aromatic heterocycles. The van der Waals surface area contributed by atoms with Gasteiger partial charge in [-0.2, -0.15) is 5.10 Å². The average molecular weight is 483 g/mol. The highest BCUT2D eigenvalue weighted by molar-refractivity contribution is 7.22. The molecule has 2 fully saturated rings. The number of hydrogen-bond donors (Lipinski definition) is 0. The monoisotopic (exact) mass is 482 g/mol. The second-order valence-corrected chi connectivity index (χ2v) is 10.4. The van der Waals surface area contributed by atoms with E-state index < -0.39 is 0 Å². The molecule has 0 aromatic carbocycles. The molecule has 1 saturated carbocycles. The van der Waals surface area contributed by atoms with Gasteiger partial charge in [0, 0.05) is 46.1 Å². The molecule has 174 valence electrons. The van der Waals surface area contributed by atoms with Crippen molar-refractivity contribution in [1.82, 2.24) is 29.7 Å². The fourth-order valence-electron chi connectivity index (χ4n) is 4.62. The van der Waals surface area contributed by atoms with E-state index in [2.05, 4.69) is 26.0 Å². The third-order valence-electron chi connectivity index (χ3n) is 6.72. The van der Waals surface area contributed by atoms with Crippen LogP contribution in [-0.4, -0.2) is 42.9 Å². The van der Waals surface area contributed by atoms with Crippen molar-refractivity contribution >= 4 is 32.6 Å². The van der Waals surface area contributed by atoms with Gasteiger partial charge in [-0.3, -0.25) is 14.8 Å². The Balaban J connectivity index is 1.39. The maximum absolute atomic E-state index is 13.5. The van der Waals surface area contributed by atoms with E-state index in [9.17, 15) is 4.79 Å². The van der Waals surface area contributed by atoms with Gasteiger partial charge >= 0.3 is 0 Å². The van der Waals surface area contributed by atoms with E-state index in [1.165, 1.54) is 12.8 Å². The van der Waals surface area contributed by atoms with E-state index in [-0.39, 0.29) is 5.43 Å². The van der Waals surface area contributed by atoms with Gasteiger partial charge in [-0.15, -0.1) is 11.3 Å². The first-order valence-electron chi connectivity index (χ1n) is 11.8. The normalized spacial score (nSPS) is 18.0. The molecule has 7 rings (SSSR count). The second kappa shape index (κ2) is 8.00. The lowest BCUT2D eigenvalue weighted by atomic mass is 10.0. The quantitative estimate of drug-likeness (QED) is 0.371. The van der Waals surface area contributed by atoms with E-state index in [0.29, 0.717) is 41.0 Å². The summed E-state index contributed by atoms with van der Waals surface area (Å²) in [4.78, 5) is 32.7. The summed E-state index contributed by atoms with van der Waals surface area (Å²) in [5, 5.41) is 5.78. The van der Waals surface area contributed by atoms with Gasteiger partial charge in [-0.05, 0) is 50.5 Å². The number of aryl methyl sites for hydroxylation is 1. The maximum Gasteiger partial charge on any atom is 0.236 e. The Labute approximate surface area is 204 Å². The number of rotatable bonds is 4. The van der Waals surface area contributed by atoms with Crippen LogP contribution in [0, 0.1) is 6.92 Å². The number of thiophene rings is 1. The van der Waals surface area contributed by atoms with Crippen molar-refractivity contribution in [3.05, 3.63) is 70.2 Å². The molecule has 0 N–H and O–H groups in total. The summed E-state index contributed by atoms with van der Waals surface area (Å²) in [7, 11) is 0. The van der Waals surface area contributed by atoms with Gasteiger partial charge in [-0.25, -0.2) is 14.6 Å². The lowest BCUT2D eigenvalue weighted by Gasteiger charge is -2.11. The molecule has 9 heteroatoms. The molecular weight excluding hydrogens is 460 g/mol. The Morgan fingerprint density at radius 3 is 2.66 bits per heavy atom. The Morgan fingerprint density at radius 2 is 1.89 bits per heavy atom. The van der Waals surface area contributed by atoms with E-state index in [4.69, 9.17) is 9.84 Å². The highest BCUT2D eigenvalue weighted by Crippen LogP contribution is 2.39. The molecule has 0 amide bonds. The van der Waals surface area contributed by atoms with Crippen LogP contribution in [0.5, 0.6) is 0 Å². The largest absolute Gasteiger partial charge is 0.381 e. The summed E-state index contributed by atoms with van der Waals surface area (Å²) >= 11 is 1.55. The summed E-state index contributed by atoms with van der Waals surface area (Å²) in [5.74, 6) is 0.888. The SMILES string of the molecule is Cc1cnc2c(n1)c(=O)c(-c1cc3cnc([C@H]4CCOC4)cc3s1)nn2-c1ccc(C2CC2)nc1. The average Bonchev–Trinajstić information content (AvgIpc) is 3.41. The third kappa shape index (κ3) is 3.62. The first-order valence-corrected chi connectivity index (χ1v) is 12.7. The molecule has 0 radical (unpaired) electrons. The predicted octanol–water partition coefficient (Wildman–Crippen LogP) is 4.54. The fourth-order valence-corrected chi connectivity index (χ4v) is 5.69. The Morgan fingerprint density at radius 1 is 1.00 bits per heavy atom. The van der Waals surface area contributed by atoms with Crippen LogP contribution < -0.4 is 5.43 Å². The van der Waals surface area contributed by atoms with Crippen molar-refractivity contribution < 1.29 is 4.74 Å². The zero-order valence-electron chi connectivity index (χ0n) is 19.1. The van der Waals surface area contributed by atoms with Gasteiger partial charge in [0.15, 0.2) is 16.9 Å². The fraction of sp³-hybridized carbons (Fsp3) is 0.308. The summed E-state index contributed by atoms with van der Waals surface area (Å²) < 4.78 is 8.30. The second-order valence-electron chi connectivity index (χ2n) is 9.31. The van der Waals surface area contributed by atoms with Crippen LogP contribution in [0.2, 0.25) is 0 Å². The number of pyridine rings is 2. The van der Waals surface area contributed by atoms with Crippen molar-refractivity contribution in [3.63, 3.8) is 0 Å². The number of nitrogens with zero attached hydrogens (tertiary/aromatic N) is 6. The topological polar surface area (TPSA) is 95.7 Å². The van der Waals surface area contributed by atoms with E-state index in [0.717, 1.165) is 45.1 Å². The molecule has 0 spiro atoms. The Kier molecular flexibility index (Phi) is 4.75. The van der Waals surface area contributed by atoms with Crippen molar-refractivity contribution in [2.75, 3.05) is 13.2 Å². The maximum atomic E-state index is 13.5.